The summed E-state index contributed by atoms with van der Waals surface area (Å²) in [6.45, 7) is 4.90. The summed E-state index contributed by atoms with van der Waals surface area (Å²) in [5.41, 5.74) is 14.0. The second kappa shape index (κ2) is 4.51. The first-order valence-corrected chi connectivity index (χ1v) is 5.95. The molecule has 17 heavy (non-hydrogen) atoms. The fourth-order valence-electron chi connectivity index (χ4n) is 2.07. The third kappa shape index (κ3) is 2.51. The van der Waals surface area contributed by atoms with Crippen LogP contribution in [-0.4, -0.2) is 6.54 Å². The fraction of sp³-hybridized carbons (Fsp3) is 0.429. The van der Waals surface area contributed by atoms with Crippen LogP contribution < -0.4 is 11.5 Å². The number of benzene rings is 1. The zero-order chi connectivity index (χ0) is 12.5. The molecule has 0 radical (unpaired) electrons. The highest BCUT2D eigenvalue weighted by Crippen LogP contribution is 2.32. The molecule has 0 spiro atoms. The van der Waals surface area contributed by atoms with Crippen molar-refractivity contribution < 1.29 is 4.42 Å². The largest absolute Gasteiger partial charge is 0.464 e. The van der Waals surface area contributed by atoms with E-state index in [2.05, 4.69) is 13.8 Å². The first-order valence-electron chi connectivity index (χ1n) is 5.95. The Balaban J connectivity index is 2.28. The van der Waals surface area contributed by atoms with Crippen molar-refractivity contribution in [1.82, 2.24) is 0 Å². The van der Waals surface area contributed by atoms with Crippen molar-refractivity contribution in [2.45, 2.75) is 26.3 Å². The van der Waals surface area contributed by atoms with Crippen LogP contribution in [0.25, 0.3) is 11.0 Å². The zero-order valence-electron chi connectivity index (χ0n) is 10.4. The Labute approximate surface area is 102 Å². The molecule has 1 atom stereocenters. The van der Waals surface area contributed by atoms with E-state index in [1.54, 1.807) is 6.26 Å². The predicted molar refractivity (Wildman–Crippen MR) is 70.6 cm³/mol. The van der Waals surface area contributed by atoms with Gasteiger partial charge in [-0.05, 0) is 24.4 Å². The third-order valence-electron chi connectivity index (χ3n) is 3.24. The molecule has 4 N–H and O–H groups in total. The van der Waals surface area contributed by atoms with Gasteiger partial charge >= 0.3 is 0 Å². The lowest BCUT2D eigenvalue weighted by Gasteiger charge is -2.25. The smallest absolute Gasteiger partial charge is 0.134 e. The van der Waals surface area contributed by atoms with E-state index in [0.29, 0.717) is 6.54 Å². The monoisotopic (exact) mass is 232 g/mol. The number of fused-ring (bicyclic) bond motifs is 1. The van der Waals surface area contributed by atoms with Gasteiger partial charge in [0.15, 0.2) is 0 Å². The maximum atomic E-state index is 6.25. The van der Waals surface area contributed by atoms with Crippen molar-refractivity contribution >= 4 is 11.0 Å². The molecular weight excluding hydrogens is 212 g/mol. The van der Waals surface area contributed by atoms with Gasteiger partial charge in [0, 0.05) is 17.0 Å². The number of rotatable bonds is 4. The van der Waals surface area contributed by atoms with E-state index in [9.17, 15) is 0 Å². The molecule has 3 heteroatoms. The van der Waals surface area contributed by atoms with Crippen LogP contribution in [0.5, 0.6) is 0 Å². The number of nitrogens with two attached hydrogens (primary N) is 2. The second-order valence-electron chi connectivity index (χ2n) is 5.37. The van der Waals surface area contributed by atoms with E-state index in [4.69, 9.17) is 15.9 Å². The first kappa shape index (κ1) is 12.1. The molecule has 3 nitrogen and oxygen atoms in total. The molecule has 1 heterocycles. The van der Waals surface area contributed by atoms with E-state index in [1.807, 2.05) is 24.3 Å². The lowest BCUT2D eigenvalue weighted by Crippen LogP contribution is -2.28. The number of hydrogen-bond acceptors (Lipinski definition) is 3. The molecule has 2 rings (SSSR count). The minimum atomic E-state index is -0.0304. The summed E-state index contributed by atoms with van der Waals surface area (Å²) in [6.07, 6.45) is 2.62. The summed E-state index contributed by atoms with van der Waals surface area (Å²) in [5, 5.41) is 1.10. The highest BCUT2D eigenvalue weighted by molar-refractivity contribution is 5.81. The third-order valence-corrected chi connectivity index (χ3v) is 3.24. The molecule has 0 aliphatic rings. The quantitative estimate of drug-likeness (QED) is 0.851. The molecule has 1 unspecified atom stereocenters. The van der Waals surface area contributed by atoms with Crippen molar-refractivity contribution in [3.05, 3.63) is 36.1 Å². The summed E-state index contributed by atoms with van der Waals surface area (Å²) in [5.74, 6) is 0. The van der Waals surface area contributed by atoms with Crippen LogP contribution in [0.2, 0.25) is 0 Å². The molecule has 0 aliphatic carbocycles. The highest BCUT2D eigenvalue weighted by Gasteiger charge is 2.22. The van der Waals surface area contributed by atoms with E-state index in [1.165, 1.54) is 0 Å². The number of hydrogen-bond donors (Lipinski definition) is 2. The Morgan fingerprint density at radius 1 is 1.29 bits per heavy atom. The van der Waals surface area contributed by atoms with Crippen LogP contribution in [0.3, 0.4) is 0 Å². The van der Waals surface area contributed by atoms with Gasteiger partial charge in [-0.1, -0.05) is 32.0 Å². The van der Waals surface area contributed by atoms with Crippen LogP contribution >= 0.6 is 0 Å². The fourth-order valence-corrected chi connectivity index (χ4v) is 2.07. The maximum absolute atomic E-state index is 6.25. The zero-order valence-corrected chi connectivity index (χ0v) is 10.4. The van der Waals surface area contributed by atoms with Gasteiger partial charge in [0.1, 0.15) is 5.58 Å². The Bertz CT molecular complexity index is 502. The van der Waals surface area contributed by atoms with Crippen LogP contribution in [0.1, 0.15) is 31.9 Å². The van der Waals surface area contributed by atoms with Crippen molar-refractivity contribution in [1.29, 1.82) is 0 Å². The minimum absolute atomic E-state index is 0.0304. The Kier molecular flexibility index (Phi) is 3.22. The van der Waals surface area contributed by atoms with Crippen LogP contribution in [0.15, 0.2) is 34.9 Å². The SMILES string of the molecule is CC(C)(CN)CC(N)c1coc2ccccc12. The maximum Gasteiger partial charge on any atom is 0.134 e. The predicted octanol–water partition coefficient (Wildman–Crippen LogP) is 2.81. The average Bonchev–Trinajstić information content (AvgIpc) is 2.72. The molecule has 92 valence electrons. The summed E-state index contributed by atoms with van der Waals surface area (Å²) in [4.78, 5) is 0. The van der Waals surface area contributed by atoms with Crippen LogP contribution in [-0.2, 0) is 0 Å². The lowest BCUT2D eigenvalue weighted by molar-refractivity contribution is 0.317. The molecule has 0 amide bonds. The lowest BCUT2D eigenvalue weighted by atomic mass is 9.84. The molecule has 1 aromatic carbocycles. The Hall–Kier alpha value is -1.32. The number of furan rings is 1. The minimum Gasteiger partial charge on any atom is -0.464 e. The highest BCUT2D eigenvalue weighted by atomic mass is 16.3. The normalized spacial score (nSPS) is 14.1. The molecular formula is C14H20N2O. The first-order chi connectivity index (χ1) is 8.03. The van der Waals surface area contributed by atoms with Gasteiger partial charge in [-0.3, -0.25) is 0 Å². The molecule has 0 bridgehead atoms. The Morgan fingerprint density at radius 3 is 2.71 bits per heavy atom. The van der Waals surface area contributed by atoms with Crippen molar-refractivity contribution in [2.24, 2.45) is 16.9 Å². The molecule has 0 aliphatic heterocycles. The van der Waals surface area contributed by atoms with E-state index >= 15 is 0 Å². The van der Waals surface area contributed by atoms with Crippen LogP contribution in [0.4, 0.5) is 0 Å². The molecule has 0 fully saturated rings. The van der Waals surface area contributed by atoms with Gasteiger partial charge in [-0.2, -0.15) is 0 Å². The summed E-state index contributed by atoms with van der Waals surface area (Å²) < 4.78 is 5.51. The summed E-state index contributed by atoms with van der Waals surface area (Å²) in [6, 6.07) is 7.94. The van der Waals surface area contributed by atoms with Crippen molar-refractivity contribution in [3.8, 4) is 0 Å². The topological polar surface area (TPSA) is 65.2 Å². The number of para-hydroxylation sites is 1. The standard InChI is InChI=1S/C14H20N2O/c1-14(2,9-15)7-12(16)11-8-17-13-6-4-3-5-10(11)13/h3-6,8,12H,7,9,15-16H2,1-2H3. The van der Waals surface area contributed by atoms with Gasteiger partial charge in [0.25, 0.3) is 0 Å². The molecule has 0 saturated heterocycles. The average molecular weight is 232 g/mol. The second-order valence-corrected chi connectivity index (χ2v) is 5.37. The van der Waals surface area contributed by atoms with Gasteiger partial charge in [0.2, 0.25) is 0 Å². The molecule has 1 aromatic heterocycles. The van der Waals surface area contributed by atoms with Gasteiger partial charge in [-0.25, -0.2) is 0 Å². The Morgan fingerprint density at radius 2 is 2.00 bits per heavy atom. The van der Waals surface area contributed by atoms with Crippen molar-refractivity contribution in [3.63, 3.8) is 0 Å². The van der Waals surface area contributed by atoms with Crippen molar-refractivity contribution in [2.75, 3.05) is 6.54 Å². The summed E-state index contributed by atoms with van der Waals surface area (Å²) >= 11 is 0. The summed E-state index contributed by atoms with van der Waals surface area (Å²) in [7, 11) is 0. The molecule has 2 aromatic rings. The van der Waals surface area contributed by atoms with Gasteiger partial charge in [-0.15, -0.1) is 0 Å². The van der Waals surface area contributed by atoms with Crippen LogP contribution in [0, 0.1) is 5.41 Å². The van der Waals surface area contributed by atoms with Gasteiger partial charge < -0.3 is 15.9 Å². The van der Waals surface area contributed by atoms with E-state index in [-0.39, 0.29) is 11.5 Å². The van der Waals surface area contributed by atoms with E-state index < -0.39 is 0 Å². The molecule has 0 saturated carbocycles. The van der Waals surface area contributed by atoms with Gasteiger partial charge in [0.05, 0.1) is 6.26 Å². The van der Waals surface area contributed by atoms with E-state index in [0.717, 1.165) is 23.0 Å².